The zero-order valence-corrected chi connectivity index (χ0v) is 15.0. The van der Waals surface area contributed by atoms with E-state index < -0.39 is 0 Å². The Kier molecular flexibility index (Phi) is 4.91. The first-order valence-electron chi connectivity index (χ1n) is 8.79. The van der Waals surface area contributed by atoms with Crippen molar-refractivity contribution in [3.05, 3.63) is 53.9 Å². The molecule has 2 N–H and O–H groups in total. The highest BCUT2D eigenvalue weighted by Gasteiger charge is 2.21. The molecule has 0 aliphatic heterocycles. The van der Waals surface area contributed by atoms with Gasteiger partial charge in [-0.2, -0.15) is 0 Å². The van der Waals surface area contributed by atoms with Crippen molar-refractivity contribution in [2.75, 3.05) is 5.32 Å². The maximum absolute atomic E-state index is 9.81. The van der Waals surface area contributed by atoms with Crippen molar-refractivity contribution in [1.29, 1.82) is 0 Å². The minimum Gasteiger partial charge on any atom is -0.490 e. The largest absolute Gasteiger partial charge is 0.490 e. The minimum atomic E-state index is -0.248. The lowest BCUT2D eigenvalue weighted by Gasteiger charge is -2.26. The Labute approximate surface area is 157 Å². The lowest BCUT2D eigenvalue weighted by atomic mass is 9.95. The van der Waals surface area contributed by atoms with Crippen molar-refractivity contribution < 1.29 is 9.84 Å². The number of pyridine rings is 2. The first kappa shape index (κ1) is 17.1. The number of aliphatic hydroxyl groups is 1. The molecule has 0 unspecified atom stereocenters. The lowest BCUT2D eigenvalue weighted by molar-refractivity contribution is 0.0537. The summed E-state index contributed by atoms with van der Waals surface area (Å²) < 4.78 is 6.08. The average Bonchev–Trinajstić information content (AvgIpc) is 2.64. The van der Waals surface area contributed by atoms with E-state index in [1.54, 1.807) is 18.5 Å². The van der Waals surface area contributed by atoms with Crippen LogP contribution in [0.4, 0.5) is 11.5 Å². The third kappa shape index (κ3) is 3.89. The van der Waals surface area contributed by atoms with E-state index in [4.69, 9.17) is 16.3 Å². The van der Waals surface area contributed by atoms with Gasteiger partial charge in [0.15, 0.2) is 0 Å². The van der Waals surface area contributed by atoms with E-state index in [2.05, 4.69) is 15.3 Å². The lowest BCUT2D eigenvalue weighted by Crippen LogP contribution is -2.28. The fourth-order valence-electron chi connectivity index (χ4n) is 3.34. The molecule has 1 aliphatic carbocycles. The molecule has 1 fully saturated rings. The molecule has 0 saturated heterocycles. The smallest absolute Gasteiger partial charge is 0.138 e. The molecular weight excluding hydrogens is 350 g/mol. The van der Waals surface area contributed by atoms with E-state index in [0.717, 1.165) is 47.3 Å². The van der Waals surface area contributed by atoms with Gasteiger partial charge in [0.2, 0.25) is 0 Å². The first-order chi connectivity index (χ1) is 12.7. The number of benzene rings is 1. The molecular formula is C20H20ClN3O2. The Hall–Kier alpha value is -2.37. The topological polar surface area (TPSA) is 67.3 Å². The molecule has 4 rings (SSSR count). The van der Waals surface area contributed by atoms with Crippen LogP contribution in [0.2, 0.25) is 5.15 Å². The molecule has 0 radical (unpaired) electrons. The van der Waals surface area contributed by atoms with Gasteiger partial charge in [0.25, 0.3) is 0 Å². The van der Waals surface area contributed by atoms with Gasteiger partial charge in [0.1, 0.15) is 22.8 Å². The van der Waals surface area contributed by atoms with Crippen LogP contribution in [0.1, 0.15) is 25.7 Å². The first-order valence-corrected chi connectivity index (χ1v) is 9.17. The molecule has 1 saturated carbocycles. The summed E-state index contributed by atoms with van der Waals surface area (Å²) in [5, 5.41) is 15.6. The number of nitrogens with zero attached hydrogens (tertiary/aromatic N) is 2. The Morgan fingerprint density at radius 3 is 2.85 bits per heavy atom. The normalized spacial score (nSPS) is 20.1. The maximum Gasteiger partial charge on any atom is 0.138 e. The number of nitrogens with one attached hydrogen (secondary N) is 1. The van der Waals surface area contributed by atoms with Crippen molar-refractivity contribution >= 4 is 33.9 Å². The summed E-state index contributed by atoms with van der Waals surface area (Å²) in [4.78, 5) is 8.51. The Morgan fingerprint density at radius 1 is 1.12 bits per heavy atom. The summed E-state index contributed by atoms with van der Waals surface area (Å²) in [5.74, 6) is 1.58. The third-order valence-corrected chi connectivity index (χ3v) is 4.85. The summed E-state index contributed by atoms with van der Waals surface area (Å²) in [6.07, 6.45) is 6.84. The summed E-state index contributed by atoms with van der Waals surface area (Å²) in [5.41, 5.74) is 0.825. The molecule has 1 aliphatic rings. The molecule has 2 atom stereocenters. The number of hydrogen-bond donors (Lipinski definition) is 2. The zero-order chi connectivity index (χ0) is 17.9. The van der Waals surface area contributed by atoms with Gasteiger partial charge in [0.05, 0.1) is 18.0 Å². The van der Waals surface area contributed by atoms with Gasteiger partial charge in [-0.1, -0.05) is 11.6 Å². The quantitative estimate of drug-likeness (QED) is 0.652. The number of anilines is 2. The van der Waals surface area contributed by atoms with Crippen LogP contribution in [0.15, 0.2) is 48.8 Å². The predicted molar refractivity (Wildman–Crippen MR) is 103 cm³/mol. The van der Waals surface area contributed by atoms with Crippen molar-refractivity contribution in [2.24, 2.45) is 0 Å². The highest BCUT2D eigenvalue weighted by Crippen LogP contribution is 2.30. The number of ether oxygens (including phenoxy) is 1. The second-order valence-corrected chi connectivity index (χ2v) is 6.98. The van der Waals surface area contributed by atoms with E-state index in [-0.39, 0.29) is 12.2 Å². The molecule has 0 amide bonds. The van der Waals surface area contributed by atoms with Crippen LogP contribution in [-0.4, -0.2) is 27.3 Å². The molecule has 3 aromatic rings. The van der Waals surface area contributed by atoms with Gasteiger partial charge in [-0.05, 0) is 61.0 Å². The molecule has 2 aromatic heterocycles. The molecule has 6 heteroatoms. The second-order valence-electron chi connectivity index (χ2n) is 6.60. The third-order valence-electron chi connectivity index (χ3n) is 4.63. The minimum absolute atomic E-state index is 0.0794. The molecule has 26 heavy (non-hydrogen) atoms. The van der Waals surface area contributed by atoms with E-state index in [9.17, 15) is 5.11 Å². The maximum atomic E-state index is 9.81. The van der Waals surface area contributed by atoms with Crippen LogP contribution >= 0.6 is 11.6 Å². The monoisotopic (exact) mass is 369 g/mol. The molecule has 134 valence electrons. The number of rotatable bonds is 4. The van der Waals surface area contributed by atoms with Gasteiger partial charge in [-0.25, -0.2) is 9.97 Å². The van der Waals surface area contributed by atoms with Gasteiger partial charge in [-0.15, -0.1) is 0 Å². The highest BCUT2D eigenvalue weighted by atomic mass is 35.5. The Balaban J connectivity index is 1.56. The van der Waals surface area contributed by atoms with Crippen molar-refractivity contribution in [3.63, 3.8) is 0 Å². The zero-order valence-electron chi connectivity index (χ0n) is 14.2. The SMILES string of the molecule is O[C@@H]1CCC[C@@H](Oc2ccc3c(Nc4ccc(Cl)nc4)nccc3c2)C1. The van der Waals surface area contributed by atoms with Crippen LogP contribution in [0.25, 0.3) is 10.8 Å². The van der Waals surface area contributed by atoms with Crippen LogP contribution in [0.3, 0.4) is 0 Å². The summed E-state index contributed by atoms with van der Waals surface area (Å²) in [7, 11) is 0. The van der Waals surface area contributed by atoms with Crippen LogP contribution in [0, 0.1) is 0 Å². The van der Waals surface area contributed by atoms with E-state index in [1.165, 1.54) is 0 Å². The molecule has 0 bridgehead atoms. The second kappa shape index (κ2) is 7.48. The number of hydrogen-bond acceptors (Lipinski definition) is 5. The summed E-state index contributed by atoms with van der Waals surface area (Å²) in [6, 6.07) is 11.5. The van der Waals surface area contributed by atoms with Crippen molar-refractivity contribution in [3.8, 4) is 5.75 Å². The van der Waals surface area contributed by atoms with Gasteiger partial charge in [-0.3, -0.25) is 0 Å². The Bertz CT molecular complexity index is 901. The van der Waals surface area contributed by atoms with Crippen LogP contribution in [0.5, 0.6) is 5.75 Å². The predicted octanol–water partition coefficient (Wildman–Crippen LogP) is 4.71. The fourth-order valence-corrected chi connectivity index (χ4v) is 3.45. The number of fused-ring (bicyclic) bond motifs is 1. The molecule has 1 aromatic carbocycles. The fraction of sp³-hybridized carbons (Fsp3) is 0.300. The van der Waals surface area contributed by atoms with Crippen molar-refractivity contribution in [2.45, 2.75) is 37.9 Å². The summed E-state index contributed by atoms with van der Waals surface area (Å²) >= 11 is 5.83. The molecule has 2 heterocycles. The van der Waals surface area contributed by atoms with Crippen LogP contribution < -0.4 is 10.1 Å². The number of halogens is 1. The van der Waals surface area contributed by atoms with Gasteiger partial charge in [0, 0.05) is 18.0 Å². The molecule has 0 spiro atoms. The van der Waals surface area contributed by atoms with E-state index in [1.807, 2.05) is 30.3 Å². The van der Waals surface area contributed by atoms with E-state index in [0.29, 0.717) is 11.6 Å². The van der Waals surface area contributed by atoms with E-state index >= 15 is 0 Å². The van der Waals surface area contributed by atoms with Crippen LogP contribution in [-0.2, 0) is 0 Å². The van der Waals surface area contributed by atoms with Gasteiger partial charge < -0.3 is 15.2 Å². The number of aliphatic hydroxyl groups excluding tert-OH is 1. The highest BCUT2D eigenvalue weighted by molar-refractivity contribution is 6.29. The number of aromatic nitrogens is 2. The van der Waals surface area contributed by atoms with Crippen molar-refractivity contribution in [1.82, 2.24) is 9.97 Å². The summed E-state index contributed by atoms with van der Waals surface area (Å²) in [6.45, 7) is 0. The standard InChI is InChI=1S/C20H20ClN3O2/c21-19-7-4-14(12-23-19)24-20-18-6-5-17(10-13(18)8-9-22-20)26-16-3-1-2-15(25)11-16/h4-10,12,15-16,25H,1-3,11H2,(H,22,24)/t15-,16-/m1/s1. The molecule has 5 nitrogen and oxygen atoms in total. The van der Waals surface area contributed by atoms with Gasteiger partial charge >= 0.3 is 0 Å². The average molecular weight is 370 g/mol. The Morgan fingerprint density at radius 2 is 2.04 bits per heavy atom.